The van der Waals surface area contributed by atoms with E-state index in [0.29, 0.717) is 17.3 Å². The van der Waals surface area contributed by atoms with Gasteiger partial charge in [0.25, 0.3) is 5.91 Å². The summed E-state index contributed by atoms with van der Waals surface area (Å²) < 4.78 is 0. The maximum absolute atomic E-state index is 12.2. The van der Waals surface area contributed by atoms with Gasteiger partial charge in [-0.2, -0.15) is 0 Å². The van der Waals surface area contributed by atoms with E-state index in [1.165, 1.54) is 0 Å². The summed E-state index contributed by atoms with van der Waals surface area (Å²) in [4.78, 5) is 16.6. The molecule has 0 saturated carbocycles. The standard InChI is InChI=1S/C19H22N2O/c1-13(2)5-6-16-7-9-17(10-8-16)19(22)21-18-12-14(3)11-15(4)20-18/h5-13H,1-4H3,(H,20,21,22). The number of rotatable bonds is 4. The fourth-order valence-corrected chi connectivity index (χ4v) is 2.14. The molecule has 0 atom stereocenters. The average Bonchev–Trinajstić information content (AvgIpc) is 2.44. The molecule has 114 valence electrons. The van der Waals surface area contributed by atoms with Gasteiger partial charge < -0.3 is 5.32 Å². The first-order chi connectivity index (χ1) is 10.4. The first kappa shape index (κ1) is 16.0. The highest BCUT2D eigenvalue weighted by molar-refractivity contribution is 6.03. The SMILES string of the molecule is Cc1cc(C)nc(NC(=O)c2ccc(C=CC(C)C)cc2)c1. The highest BCUT2D eigenvalue weighted by Crippen LogP contribution is 2.12. The van der Waals surface area contributed by atoms with Gasteiger partial charge in [-0.3, -0.25) is 4.79 Å². The minimum absolute atomic E-state index is 0.142. The molecule has 0 unspecified atom stereocenters. The normalized spacial score (nSPS) is 11.1. The molecule has 1 aromatic carbocycles. The second kappa shape index (κ2) is 7.03. The maximum atomic E-state index is 12.2. The smallest absolute Gasteiger partial charge is 0.256 e. The number of aromatic nitrogens is 1. The Hall–Kier alpha value is -2.42. The number of aryl methyl sites for hydroxylation is 2. The molecule has 2 rings (SSSR count). The lowest BCUT2D eigenvalue weighted by Crippen LogP contribution is -2.13. The zero-order valence-corrected chi connectivity index (χ0v) is 13.6. The Bertz CT molecular complexity index is 665. The summed E-state index contributed by atoms with van der Waals surface area (Å²) in [6.45, 7) is 8.17. The number of benzene rings is 1. The summed E-state index contributed by atoms with van der Waals surface area (Å²) in [5, 5.41) is 2.84. The van der Waals surface area contributed by atoms with Gasteiger partial charge in [-0.1, -0.05) is 38.1 Å². The molecule has 1 heterocycles. The van der Waals surface area contributed by atoms with Crippen LogP contribution in [0.4, 0.5) is 5.82 Å². The minimum atomic E-state index is -0.142. The molecule has 1 N–H and O–H groups in total. The van der Waals surface area contributed by atoms with Gasteiger partial charge in [0.15, 0.2) is 0 Å². The van der Waals surface area contributed by atoms with Crippen LogP contribution in [0.5, 0.6) is 0 Å². The molecule has 0 radical (unpaired) electrons. The van der Waals surface area contributed by atoms with Crippen molar-refractivity contribution in [3.63, 3.8) is 0 Å². The summed E-state index contributed by atoms with van der Waals surface area (Å²) in [6, 6.07) is 11.4. The monoisotopic (exact) mass is 294 g/mol. The van der Waals surface area contributed by atoms with Gasteiger partial charge in [-0.05, 0) is 55.2 Å². The number of anilines is 1. The number of amides is 1. The summed E-state index contributed by atoms with van der Waals surface area (Å²) in [7, 11) is 0. The molecule has 1 amide bonds. The van der Waals surface area contributed by atoms with Gasteiger partial charge >= 0.3 is 0 Å². The minimum Gasteiger partial charge on any atom is -0.307 e. The summed E-state index contributed by atoms with van der Waals surface area (Å²) in [6.07, 6.45) is 4.20. The van der Waals surface area contributed by atoms with Crippen LogP contribution in [0.15, 0.2) is 42.5 Å². The molecular formula is C19H22N2O. The van der Waals surface area contributed by atoms with Crippen LogP contribution in [-0.2, 0) is 0 Å². The molecule has 0 aliphatic rings. The van der Waals surface area contributed by atoms with Crippen LogP contribution >= 0.6 is 0 Å². The van der Waals surface area contributed by atoms with E-state index in [2.05, 4.69) is 36.3 Å². The fraction of sp³-hybridized carbons (Fsp3) is 0.263. The molecule has 0 aliphatic carbocycles. The summed E-state index contributed by atoms with van der Waals surface area (Å²) in [5.74, 6) is 0.960. The van der Waals surface area contributed by atoms with Crippen molar-refractivity contribution in [2.24, 2.45) is 5.92 Å². The number of pyridine rings is 1. The molecular weight excluding hydrogens is 272 g/mol. The van der Waals surface area contributed by atoms with Crippen molar-refractivity contribution >= 4 is 17.8 Å². The Balaban J connectivity index is 2.09. The largest absolute Gasteiger partial charge is 0.307 e. The quantitative estimate of drug-likeness (QED) is 0.894. The van der Waals surface area contributed by atoms with Crippen LogP contribution in [0.3, 0.4) is 0 Å². The molecule has 0 fully saturated rings. The van der Waals surface area contributed by atoms with Crippen LogP contribution in [0.1, 0.15) is 41.0 Å². The van der Waals surface area contributed by atoms with Crippen molar-refractivity contribution < 1.29 is 4.79 Å². The average molecular weight is 294 g/mol. The van der Waals surface area contributed by atoms with Crippen molar-refractivity contribution in [1.82, 2.24) is 4.98 Å². The molecule has 2 aromatic rings. The molecule has 1 aromatic heterocycles. The van der Waals surface area contributed by atoms with Gasteiger partial charge in [-0.15, -0.1) is 0 Å². The number of hydrogen-bond acceptors (Lipinski definition) is 2. The van der Waals surface area contributed by atoms with Crippen LogP contribution in [0.25, 0.3) is 6.08 Å². The lowest BCUT2D eigenvalue weighted by atomic mass is 10.1. The number of nitrogens with one attached hydrogen (secondary N) is 1. The molecule has 0 bridgehead atoms. The van der Waals surface area contributed by atoms with Gasteiger partial charge in [0.05, 0.1) is 0 Å². The summed E-state index contributed by atoms with van der Waals surface area (Å²) >= 11 is 0. The van der Waals surface area contributed by atoms with Crippen LogP contribution in [-0.4, -0.2) is 10.9 Å². The van der Waals surface area contributed by atoms with E-state index in [0.717, 1.165) is 16.8 Å². The fourth-order valence-electron chi connectivity index (χ4n) is 2.14. The van der Waals surface area contributed by atoms with Crippen LogP contribution < -0.4 is 5.32 Å². The van der Waals surface area contributed by atoms with E-state index in [1.54, 1.807) is 0 Å². The summed E-state index contributed by atoms with van der Waals surface area (Å²) in [5.41, 5.74) is 3.69. The zero-order valence-electron chi connectivity index (χ0n) is 13.6. The van der Waals surface area contributed by atoms with Gasteiger partial charge in [-0.25, -0.2) is 4.98 Å². The molecule has 3 nitrogen and oxygen atoms in total. The van der Waals surface area contributed by atoms with E-state index < -0.39 is 0 Å². The first-order valence-electron chi connectivity index (χ1n) is 7.49. The van der Waals surface area contributed by atoms with Crippen LogP contribution in [0, 0.1) is 19.8 Å². The Labute approximate surface area is 132 Å². The predicted octanol–water partition coefficient (Wildman–Crippen LogP) is 4.62. The van der Waals surface area contributed by atoms with Gasteiger partial charge in [0, 0.05) is 11.3 Å². The molecule has 0 saturated heterocycles. The Morgan fingerprint density at radius 3 is 2.41 bits per heavy atom. The van der Waals surface area contributed by atoms with Gasteiger partial charge in [0.1, 0.15) is 5.82 Å². The van der Waals surface area contributed by atoms with E-state index in [-0.39, 0.29) is 5.91 Å². The van der Waals surface area contributed by atoms with E-state index >= 15 is 0 Å². The molecule has 3 heteroatoms. The maximum Gasteiger partial charge on any atom is 0.256 e. The third-order valence-corrected chi connectivity index (χ3v) is 3.19. The Morgan fingerprint density at radius 1 is 1.14 bits per heavy atom. The van der Waals surface area contributed by atoms with Crippen molar-refractivity contribution in [2.75, 3.05) is 5.32 Å². The zero-order chi connectivity index (χ0) is 16.1. The Morgan fingerprint density at radius 2 is 1.82 bits per heavy atom. The topological polar surface area (TPSA) is 42.0 Å². The van der Waals surface area contributed by atoms with Crippen molar-refractivity contribution in [1.29, 1.82) is 0 Å². The van der Waals surface area contributed by atoms with E-state index in [1.807, 2.05) is 50.2 Å². The third-order valence-electron chi connectivity index (χ3n) is 3.19. The second-order valence-electron chi connectivity index (χ2n) is 5.85. The van der Waals surface area contributed by atoms with Crippen molar-refractivity contribution in [2.45, 2.75) is 27.7 Å². The number of nitrogens with zero attached hydrogens (tertiary/aromatic N) is 1. The Kier molecular flexibility index (Phi) is 5.10. The van der Waals surface area contributed by atoms with Gasteiger partial charge in [0.2, 0.25) is 0 Å². The highest BCUT2D eigenvalue weighted by Gasteiger charge is 2.07. The number of carbonyl (C=O) groups excluding carboxylic acids is 1. The molecule has 0 spiro atoms. The van der Waals surface area contributed by atoms with E-state index in [9.17, 15) is 4.79 Å². The highest BCUT2D eigenvalue weighted by atomic mass is 16.1. The lowest BCUT2D eigenvalue weighted by Gasteiger charge is -2.07. The lowest BCUT2D eigenvalue weighted by molar-refractivity contribution is 0.102. The number of hydrogen-bond donors (Lipinski definition) is 1. The van der Waals surface area contributed by atoms with Crippen LogP contribution in [0.2, 0.25) is 0 Å². The van der Waals surface area contributed by atoms with E-state index in [4.69, 9.17) is 0 Å². The predicted molar refractivity (Wildman–Crippen MR) is 92.0 cm³/mol. The number of carbonyl (C=O) groups is 1. The van der Waals surface area contributed by atoms with Crippen molar-refractivity contribution in [3.8, 4) is 0 Å². The number of allylic oxidation sites excluding steroid dienone is 1. The van der Waals surface area contributed by atoms with Crippen molar-refractivity contribution in [3.05, 3.63) is 64.9 Å². The molecule has 0 aliphatic heterocycles. The first-order valence-corrected chi connectivity index (χ1v) is 7.49. The molecule has 22 heavy (non-hydrogen) atoms. The third kappa shape index (κ3) is 4.55. The second-order valence-corrected chi connectivity index (χ2v) is 5.85.